The third-order valence-electron chi connectivity index (χ3n) is 5.69. The van der Waals surface area contributed by atoms with Gasteiger partial charge in [-0.1, -0.05) is 0 Å². The maximum Gasteiger partial charge on any atom is 0.331 e. The topological polar surface area (TPSA) is 107 Å². The van der Waals surface area contributed by atoms with Gasteiger partial charge in [0, 0.05) is 39.2 Å². The van der Waals surface area contributed by atoms with E-state index in [0.717, 1.165) is 28.0 Å². The third-order valence-corrected chi connectivity index (χ3v) is 5.69. The van der Waals surface area contributed by atoms with E-state index >= 15 is 0 Å². The molecule has 1 aliphatic heterocycles. The number of hydrogen-bond donors (Lipinski definition) is 1. The zero-order chi connectivity index (χ0) is 20.0. The molecule has 0 spiro atoms. The molecule has 9 nitrogen and oxygen atoms in total. The summed E-state index contributed by atoms with van der Waals surface area (Å²) in [6.07, 6.45) is 3.60. The lowest BCUT2D eigenvalue weighted by Crippen LogP contribution is -2.45. The number of carbonyl (C=O) groups is 2. The number of carbonyl (C=O) groups excluding carboxylic acids is 2. The summed E-state index contributed by atoms with van der Waals surface area (Å²) in [7, 11) is 2.82. The van der Waals surface area contributed by atoms with E-state index < -0.39 is 17.2 Å². The van der Waals surface area contributed by atoms with E-state index in [9.17, 15) is 19.2 Å². The van der Waals surface area contributed by atoms with Crippen LogP contribution in [0.1, 0.15) is 33.9 Å². The normalized spacial score (nSPS) is 21.7. The predicted octanol–water partition coefficient (Wildman–Crippen LogP) is -0.0424. The fourth-order valence-corrected chi connectivity index (χ4v) is 3.90. The lowest BCUT2D eigenvalue weighted by Gasteiger charge is -2.20. The van der Waals surface area contributed by atoms with Crippen LogP contribution in [-0.2, 0) is 14.1 Å². The highest BCUT2D eigenvalue weighted by Gasteiger charge is 2.45. The van der Waals surface area contributed by atoms with E-state index in [1.807, 2.05) is 0 Å². The molecule has 9 heteroatoms. The van der Waals surface area contributed by atoms with Crippen LogP contribution in [0, 0.1) is 11.8 Å². The van der Waals surface area contributed by atoms with Crippen molar-refractivity contribution in [2.24, 2.45) is 25.9 Å². The Hall–Kier alpha value is -3.10. The second-order valence-electron chi connectivity index (χ2n) is 7.54. The van der Waals surface area contributed by atoms with Gasteiger partial charge < -0.3 is 14.6 Å². The molecule has 1 saturated heterocycles. The van der Waals surface area contributed by atoms with Crippen molar-refractivity contribution in [1.29, 1.82) is 0 Å². The van der Waals surface area contributed by atoms with Crippen LogP contribution in [0.4, 0.5) is 0 Å². The molecule has 3 heterocycles. The number of nitrogens with one attached hydrogen (secondary N) is 1. The summed E-state index contributed by atoms with van der Waals surface area (Å²) in [6, 6.07) is 4.20. The Morgan fingerprint density at radius 1 is 1.14 bits per heavy atom. The number of aromatic nitrogens is 2. The SMILES string of the molecule is Cn1c(C(=O)N[C@H]2CN(C(=O)c3ccco3)C[C@@H]2C2CC2)cc(=O)n(C)c1=O. The Kier molecular flexibility index (Phi) is 4.44. The van der Waals surface area contributed by atoms with E-state index in [2.05, 4.69) is 5.32 Å². The van der Waals surface area contributed by atoms with Crippen LogP contribution in [0.15, 0.2) is 38.5 Å². The van der Waals surface area contributed by atoms with Crippen LogP contribution in [0.5, 0.6) is 0 Å². The minimum Gasteiger partial charge on any atom is -0.459 e. The van der Waals surface area contributed by atoms with Crippen molar-refractivity contribution in [3.05, 3.63) is 56.8 Å². The minimum atomic E-state index is -0.558. The van der Waals surface area contributed by atoms with E-state index in [4.69, 9.17) is 4.42 Å². The number of amides is 2. The Bertz CT molecular complexity index is 1030. The van der Waals surface area contributed by atoms with Gasteiger partial charge in [0.05, 0.1) is 12.3 Å². The molecule has 0 radical (unpaired) electrons. The summed E-state index contributed by atoms with van der Waals surface area (Å²) in [5.74, 6) is 0.197. The molecule has 2 amide bonds. The Morgan fingerprint density at radius 3 is 2.54 bits per heavy atom. The molecule has 0 aromatic carbocycles. The van der Waals surface area contributed by atoms with E-state index in [-0.39, 0.29) is 29.3 Å². The molecular weight excluding hydrogens is 364 g/mol. The standard InChI is InChI=1S/C19H22N4O5/c1-21-14(8-16(24)22(2)19(21)27)17(25)20-13-10-23(9-12(13)11-5-6-11)18(26)15-4-3-7-28-15/h3-4,7-8,11-13H,5-6,9-10H2,1-2H3,(H,20,25)/t12-,13+/m1/s1. The van der Waals surface area contributed by atoms with Gasteiger partial charge in [0.1, 0.15) is 5.69 Å². The highest BCUT2D eigenvalue weighted by molar-refractivity contribution is 5.93. The maximum atomic E-state index is 12.8. The van der Waals surface area contributed by atoms with Gasteiger partial charge in [-0.05, 0) is 30.9 Å². The second kappa shape index (κ2) is 6.81. The van der Waals surface area contributed by atoms with Crippen molar-refractivity contribution >= 4 is 11.8 Å². The summed E-state index contributed by atoms with van der Waals surface area (Å²) < 4.78 is 7.31. The van der Waals surface area contributed by atoms with Crippen molar-refractivity contribution in [3.63, 3.8) is 0 Å². The molecule has 1 saturated carbocycles. The van der Waals surface area contributed by atoms with Crippen LogP contribution < -0.4 is 16.6 Å². The average molecular weight is 386 g/mol. The van der Waals surface area contributed by atoms with Crippen molar-refractivity contribution in [1.82, 2.24) is 19.4 Å². The fraction of sp³-hybridized carbons (Fsp3) is 0.474. The molecule has 148 valence electrons. The molecule has 2 fully saturated rings. The highest BCUT2D eigenvalue weighted by Crippen LogP contribution is 2.41. The van der Waals surface area contributed by atoms with E-state index in [1.54, 1.807) is 17.0 Å². The number of likely N-dealkylation sites (tertiary alicyclic amines) is 1. The molecule has 2 aliphatic rings. The number of nitrogens with zero attached hydrogens (tertiary/aromatic N) is 3. The largest absolute Gasteiger partial charge is 0.459 e. The average Bonchev–Trinajstić information content (AvgIpc) is 3.20. The Labute approximate surface area is 160 Å². The van der Waals surface area contributed by atoms with Crippen molar-refractivity contribution in [3.8, 4) is 0 Å². The Morgan fingerprint density at radius 2 is 1.89 bits per heavy atom. The monoisotopic (exact) mass is 386 g/mol. The molecule has 2 atom stereocenters. The molecule has 0 unspecified atom stereocenters. The van der Waals surface area contributed by atoms with Gasteiger partial charge in [-0.15, -0.1) is 0 Å². The van der Waals surface area contributed by atoms with Gasteiger partial charge in [0.25, 0.3) is 17.4 Å². The van der Waals surface area contributed by atoms with Crippen molar-refractivity contribution in [2.45, 2.75) is 18.9 Å². The van der Waals surface area contributed by atoms with Crippen LogP contribution in [0.2, 0.25) is 0 Å². The van der Waals surface area contributed by atoms with Crippen LogP contribution in [0.3, 0.4) is 0 Å². The molecule has 2 aromatic heterocycles. The minimum absolute atomic E-state index is 0.0125. The Balaban J connectivity index is 1.55. The van der Waals surface area contributed by atoms with Gasteiger partial charge in [-0.2, -0.15) is 0 Å². The van der Waals surface area contributed by atoms with Crippen LogP contribution in [0.25, 0.3) is 0 Å². The zero-order valence-corrected chi connectivity index (χ0v) is 15.8. The smallest absolute Gasteiger partial charge is 0.331 e. The van der Waals surface area contributed by atoms with Gasteiger partial charge in [0.15, 0.2) is 5.76 Å². The first-order valence-corrected chi connectivity index (χ1v) is 9.27. The molecule has 4 rings (SSSR count). The highest BCUT2D eigenvalue weighted by atomic mass is 16.3. The third kappa shape index (κ3) is 3.17. The van der Waals surface area contributed by atoms with Gasteiger partial charge in [-0.3, -0.25) is 23.5 Å². The predicted molar refractivity (Wildman–Crippen MR) is 99.0 cm³/mol. The van der Waals surface area contributed by atoms with E-state index in [1.165, 1.54) is 20.4 Å². The summed E-state index contributed by atoms with van der Waals surface area (Å²) in [6.45, 7) is 0.913. The van der Waals surface area contributed by atoms with Crippen molar-refractivity contribution < 1.29 is 14.0 Å². The van der Waals surface area contributed by atoms with Crippen LogP contribution >= 0.6 is 0 Å². The lowest BCUT2D eigenvalue weighted by molar-refractivity contribution is 0.0749. The summed E-state index contributed by atoms with van der Waals surface area (Å²) in [5, 5.41) is 2.94. The number of furan rings is 1. The fourth-order valence-electron chi connectivity index (χ4n) is 3.90. The molecule has 1 aliphatic carbocycles. The first kappa shape index (κ1) is 18.3. The van der Waals surface area contributed by atoms with Crippen LogP contribution in [-0.4, -0.2) is 45.0 Å². The number of rotatable bonds is 4. The summed E-state index contributed by atoms with van der Waals surface area (Å²) in [4.78, 5) is 51.1. The van der Waals surface area contributed by atoms with Gasteiger partial charge >= 0.3 is 5.69 Å². The summed E-state index contributed by atoms with van der Waals surface area (Å²) in [5.41, 5.74) is -1.08. The van der Waals surface area contributed by atoms with Gasteiger partial charge in [-0.25, -0.2) is 4.79 Å². The number of hydrogen-bond acceptors (Lipinski definition) is 5. The molecule has 2 aromatic rings. The molecule has 0 bridgehead atoms. The second-order valence-corrected chi connectivity index (χ2v) is 7.54. The van der Waals surface area contributed by atoms with E-state index in [0.29, 0.717) is 19.0 Å². The first-order valence-electron chi connectivity index (χ1n) is 9.27. The van der Waals surface area contributed by atoms with Gasteiger partial charge in [0.2, 0.25) is 0 Å². The first-order chi connectivity index (χ1) is 13.4. The molecular formula is C19H22N4O5. The lowest BCUT2D eigenvalue weighted by atomic mass is 9.98. The quantitative estimate of drug-likeness (QED) is 0.793. The zero-order valence-electron chi connectivity index (χ0n) is 15.8. The van der Waals surface area contributed by atoms with Crippen molar-refractivity contribution in [2.75, 3.05) is 13.1 Å². The maximum absolute atomic E-state index is 12.8. The summed E-state index contributed by atoms with van der Waals surface area (Å²) >= 11 is 0. The molecule has 1 N–H and O–H groups in total. The molecule has 28 heavy (non-hydrogen) atoms.